The van der Waals surface area contributed by atoms with Gasteiger partial charge in [0.2, 0.25) is 0 Å². The van der Waals surface area contributed by atoms with Crippen LogP contribution >= 0.6 is 0 Å². The van der Waals surface area contributed by atoms with Crippen molar-refractivity contribution in [3.05, 3.63) is 0 Å². The van der Waals surface area contributed by atoms with Gasteiger partial charge in [0.05, 0.1) is 14.2 Å². The second kappa shape index (κ2) is 7.99. The van der Waals surface area contributed by atoms with Crippen molar-refractivity contribution in [1.82, 2.24) is 10.2 Å². The van der Waals surface area contributed by atoms with Gasteiger partial charge >= 0.3 is 12.1 Å². The summed E-state index contributed by atoms with van der Waals surface area (Å²) in [5, 5.41) is 2.82. The average molecular weight is 272 g/mol. The third-order valence-electron chi connectivity index (χ3n) is 3.34. The Kier molecular flexibility index (Phi) is 6.62. The first-order valence-corrected chi connectivity index (χ1v) is 6.72. The smallest absolute Gasteiger partial charge is 0.407 e. The fraction of sp³-hybridized carbons (Fsp3) is 0.846. The van der Waals surface area contributed by atoms with Crippen molar-refractivity contribution < 1.29 is 19.1 Å². The van der Waals surface area contributed by atoms with E-state index in [-0.39, 0.29) is 17.9 Å². The van der Waals surface area contributed by atoms with Crippen LogP contribution in [0.25, 0.3) is 0 Å². The molecule has 0 saturated carbocycles. The summed E-state index contributed by atoms with van der Waals surface area (Å²) in [5.41, 5.74) is 0. The molecule has 110 valence electrons. The van der Waals surface area contributed by atoms with Gasteiger partial charge in [-0.2, -0.15) is 0 Å². The topological polar surface area (TPSA) is 67.9 Å². The van der Waals surface area contributed by atoms with Gasteiger partial charge in [0.25, 0.3) is 0 Å². The first kappa shape index (κ1) is 15.8. The summed E-state index contributed by atoms with van der Waals surface area (Å²) in [6.07, 6.45) is 1.82. The van der Waals surface area contributed by atoms with E-state index in [1.165, 1.54) is 14.2 Å². The first-order valence-electron chi connectivity index (χ1n) is 6.72. The lowest BCUT2D eigenvalue weighted by atomic mass is 9.91. The summed E-state index contributed by atoms with van der Waals surface area (Å²) < 4.78 is 9.34. The van der Waals surface area contributed by atoms with Gasteiger partial charge in [-0.15, -0.1) is 0 Å². The van der Waals surface area contributed by atoms with E-state index in [4.69, 9.17) is 4.74 Å². The van der Waals surface area contributed by atoms with E-state index in [1.54, 1.807) is 0 Å². The fourth-order valence-corrected chi connectivity index (χ4v) is 2.60. The molecule has 2 unspecified atom stereocenters. The van der Waals surface area contributed by atoms with Crippen molar-refractivity contribution >= 4 is 12.1 Å². The summed E-state index contributed by atoms with van der Waals surface area (Å²) in [6.45, 7) is 4.77. The zero-order chi connectivity index (χ0) is 14.3. The molecule has 6 nitrogen and oxygen atoms in total. The van der Waals surface area contributed by atoms with Gasteiger partial charge in [0.1, 0.15) is 0 Å². The zero-order valence-electron chi connectivity index (χ0n) is 12.0. The Hall–Kier alpha value is -1.30. The largest absolute Gasteiger partial charge is 0.469 e. The number of alkyl carbamates (subject to hydrolysis) is 1. The quantitative estimate of drug-likeness (QED) is 0.756. The first-order chi connectivity index (χ1) is 9.08. The van der Waals surface area contributed by atoms with Crippen LogP contribution in [0.1, 0.15) is 26.2 Å². The van der Waals surface area contributed by atoms with E-state index in [1.807, 2.05) is 0 Å². The lowest BCUT2D eigenvalue weighted by Gasteiger charge is -2.37. The summed E-state index contributed by atoms with van der Waals surface area (Å²) in [5.74, 6) is 0.0232. The number of nitrogens with one attached hydrogen (secondary N) is 1. The number of ether oxygens (including phenoxy) is 2. The number of amides is 1. The molecule has 19 heavy (non-hydrogen) atoms. The third kappa shape index (κ3) is 5.46. The Balaban J connectivity index is 2.56. The highest BCUT2D eigenvalue weighted by Crippen LogP contribution is 2.21. The minimum atomic E-state index is -0.417. The molecule has 1 saturated heterocycles. The van der Waals surface area contributed by atoms with Gasteiger partial charge in [-0.25, -0.2) is 4.79 Å². The van der Waals surface area contributed by atoms with Crippen molar-refractivity contribution in [3.8, 4) is 0 Å². The zero-order valence-corrected chi connectivity index (χ0v) is 12.0. The van der Waals surface area contributed by atoms with Crippen LogP contribution in [0.2, 0.25) is 0 Å². The third-order valence-corrected chi connectivity index (χ3v) is 3.34. The normalized spacial score (nSPS) is 23.7. The maximum Gasteiger partial charge on any atom is 0.407 e. The highest BCUT2D eigenvalue weighted by molar-refractivity contribution is 5.69. The minimum absolute atomic E-state index is 0.0300. The van der Waals surface area contributed by atoms with Crippen molar-refractivity contribution in [2.24, 2.45) is 5.92 Å². The summed E-state index contributed by atoms with van der Waals surface area (Å²) >= 11 is 0. The number of carbonyl (C=O) groups is 2. The fourth-order valence-electron chi connectivity index (χ4n) is 2.60. The molecule has 0 bridgehead atoms. The molecule has 6 heteroatoms. The van der Waals surface area contributed by atoms with Crippen LogP contribution in [0.3, 0.4) is 0 Å². The number of hydrogen-bond acceptors (Lipinski definition) is 5. The maximum absolute atomic E-state index is 11.4. The van der Waals surface area contributed by atoms with Gasteiger partial charge < -0.3 is 19.7 Å². The lowest BCUT2D eigenvalue weighted by Crippen LogP contribution is -2.51. The number of carbonyl (C=O) groups excluding carboxylic acids is 2. The Morgan fingerprint density at radius 3 is 2.58 bits per heavy atom. The average Bonchev–Trinajstić information content (AvgIpc) is 2.38. The number of methoxy groups -OCH3 is 2. The van der Waals surface area contributed by atoms with Crippen molar-refractivity contribution in [2.75, 3.05) is 33.9 Å². The summed E-state index contributed by atoms with van der Waals surface area (Å²) in [6, 6.07) is 0.0300. The van der Waals surface area contributed by atoms with Crippen molar-refractivity contribution in [2.45, 2.75) is 32.2 Å². The monoisotopic (exact) mass is 272 g/mol. The van der Waals surface area contributed by atoms with E-state index in [0.29, 0.717) is 6.42 Å². The van der Waals surface area contributed by atoms with Crippen LogP contribution in [0.5, 0.6) is 0 Å². The van der Waals surface area contributed by atoms with E-state index in [0.717, 1.165) is 32.5 Å². The molecule has 0 radical (unpaired) electrons. The van der Waals surface area contributed by atoms with Crippen LogP contribution in [0.15, 0.2) is 0 Å². The molecule has 1 aliphatic heterocycles. The molecule has 1 aliphatic rings. The van der Waals surface area contributed by atoms with Gasteiger partial charge in [0, 0.05) is 25.6 Å². The van der Waals surface area contributed by atoms with Crippen molar-refractivity contribution in [3.63, 3.8) is 0 Å². The number of likely N-dealkylation sites (tertiary alicyclic amines) is 1. The van der Waals surface area contributed by atoms with Gasteiger partial charge in [-0.1, -0.05) is 6.92 Å². The molecule has 2 atom stereocenters. The molecular weight excluding hydrogens is 248 g/mol. The second-order valence-corrected chi connectivity index (χ2v) is 4.97. The molecule has 1 N–H and O–H groups in total. The predicted molar refractivity (Wildman–Crippen MR) is 70.8 cm³/mol. The van der Waals surface area contributed by atoms with Crippen LogP contribution in [0, 0.1) is 5.92 Å². The SMILES string of the molecule is CCCN1CC(CC(=O)OC)CC(NC(=O)OC)C1. The standard InChI is InChI=1S/C13H24N2O4/c1-4-5-15-8-10(7-12(16)18-2)6-11(9-15)14-13(17)19-3/h10-11H,4-9H2,1-3H3,(H,14,17). The number of nitrogens with zero attached hydrogens (tertiary/aromatic N) is 1. The van der Waals surface area contributed by atoms with Crippen LogP contribution < -0.4 is 5.32 Å². The van der Waals surface area contributed by atoms with E-state index in [2.05, 4.69) is 21.9 Å². The number of piperidine rings is 1. The van der Waals surface area contributed by atoms with Gasteiger partial charge in [-0.05, 0) is 25.3 Å². The Morgan fingerprint density at radius 1 is 1.26 bits per heavy atom. The molecular formula is C13H24N2O4. The molecule has 1 rings (SSSR count). The van der Waals surface area contributed by atoms with Crippen LogP contribution in [0.4, 0.5) is 4.79 Å². The van der Waals surface area contributed by atoms with E-state index >= 15 is 0 Å². The Morgan fingerprint density at radius 2 is 2.00 bits per heavy atom. The van der Waals surface area contributed by atoms with Gasteiger partial charge in [-0.3, -0.25) is 4.79 Å². The molecule has 1 fully saturated rings. The number of rotatable bonds is 5. The molecule has 0 aromatic carbocycles. The molecule has 1 heterocycles. The highest BCUT2D eigenvalue weighted by atomic mass is 16.5. The lowest BCUT2D eigenvalue weighted by molar-refractivity contribution is -0.142. The van der Waals surface area contributed by atoms with E-state index in [9.17, 15) is 9.59 Å². The molecule has 0 aromatic heterocycles. The predicted octanol–water partition coefficient (Wildman–Crippen LogP) is 1.01. The highest BCUT2D eigenvalue weighted by Gasteiger charge is 2.29. The molecule has 0 spiro atoms. The van der Waals surface area contributed by atoms with Crippen molar-refractivity contribution in [1.29, 1.82) is 0 Å². The Bertz CT molecular complexity index is 283. The summed E-state index contributed by atoms with van der Waals surface area (Å²) in [7, 11) is 2.76. The molecule has 0 aliphatic carbocycles. The van der Waals surface area contributed by atoms with Crippen LogP contribution in [-0.4, -0.2) is 56.9 Å². The van der Waals surface area contributed by atoms with Gasteiger partial charge in [0.15, 0.2) is 0 Å². The second-order valence-electron chi connectivity index (χ2n) is 4.97. The summed E-state index contributed by atoms with van der Waals surface area (Å²) in [4.78, 5) is 24.9. The minimum Gasteiger partial charge on any atom is -0.469 e. The van der Waals surface area contributed by atoms with E-state index < -0.39 is 6.09 Å². The molecule has 1 amide bonds. The van der Waals surface area contributed by atoms with Crippen LogP contribution in [-0.2, 0) is 14.3 Å². The molecule has 0 aromatic rings. The maximum atomic E-state index is 11.4. The Labute approximate surface area is 114 Å². The number of hydrogen-bond donors (Lipinski definition) is 1. The number of esters is 1.